The molecule has 1 amide bonds. The van der Waals surface area contributed by atoms with Crippen LogP contribution in [0.2, 0.25) is 0 Å². The lowest BCUT2D eigenvalue weighted by Crippen LogP contribution is -2.40. The quantitative estimate of drug-likeness (QED) is 0.830. The fraction of sp³-hybridized carbons (Fsp3) is 0.222. The molecule has 0 spiro atoms. The van der Waals surface area contributed by atoms with Crippen LogP contribution in [0.1, 0.15) is 18.1 Å². The van der Waals surface area contributed by atoms with Crippen molar-refractivity contribution in [1.29, 1.82) is 5.26 Å². The lowest BCUT2D eigenvalue weighted by Gasteiger charge is -2.16. The van der Waals surface area contributed by atoms with Gasteiger partial charge in [-0.1, -0.05) is 12.1 Å². The van der Waals surface area contributed by atoms with E-state index in [1.807, 2.05) is 10.8 Å². The van der Waals surface area contributed by atoms with E-state index >= 15 is 0 Å². The summed E-state index contributed by atoms with van der Waals surface area (Å²) in [6, 6.07) is 12.6. The summed E-state index contributed by atoms with van der Waals surface area (Å²) in [6.45, 7) is 3.10. The van der Waals surface area contributed by atoms with Crippen LogP contribution in [-0.4, -0.2) is 27.5 Å². The zero-order valence-corrected chi connectivity index (χ0v) is 15.3. The monoisotopic (exact) mass is 374 g/mol. The average Bonchev–Trinajstić information content (AvgIpc) is 2.61. The van der Waals surface area contributed by atoms with E-state index in [0.29, 0.717) is 11.3 Å². The SMILES string of the molecule is COc1ccc(S(=O)(=O)NC(=O)[C@H](C)Oc2ccccc2C#N)cc1C. The molecule has 2 rings (SSSR count). The highest BCUT2D eigenvalue weighted by Gasteiger charge is 2.24. The molecule has 1 atom stereocenters. The zero-order chi connectivity index (χ0) is 19.3. The molecule has 7 nitrogen and oxygen atoms in total. The van der Waals surface area contributed by atoms with Crippen molar-refractivity contribution in [2.24, 2.45) is 0 Å². The Morgan fingerprint density at radius 1 is 1.19 bits per heavy atom. The van der Waals surface area contributed by atoms with Gasteiger partial charge in [-0.25, -0.2) is 13.1 Å². The smallest absolute Gasteiger partial charge is 0.274 e. The van der Waals surface area contributed by atoms with Crippen LogP contribution >= 0.6 is 0 Å². The summed E-state index contributed by atoms with van der Waals surface area (Å²) in [5, 5.41) is 9.04. The standard InChI is InChI=1S/C18H18N2O5S/c1-12-10-15(8-9-16(12)24-3)26(22,23)20-18(21)13(2)25-17-7-5-4-6-14(17)11-19/h4-10,13H,1-3H3,(H,20,21)/t13-/m0/s1. The molecular weight excluding hydrogens is 356 g/mol. The summed E-state index contributed by atoms with van der Waals surface area (Å²) in [4.78, 5) is 12.2. The van der Waals surface area contributed by atoms with Gasteiger partial charge in [0, 0.05) is 0 Å². The number of carbonyl (C=O) groups excluding carboxylic acids is 1. The molecule has 0 saturated carbocycles. The number of hydrogen-bond acceptors (Lipinski definition) is 6. The number of methoxy groups -OCH3 is 1. The van der Waals surface area contributed by atoms with E-state index in [-0.39, 0.29) is 16.2 Å². The summed E-state index contributed by atoms with van der Waals surface area (Å²) in [5.74, 6) is -0.0957. The Bertz CT molecular complexity index is 964. The average molecular weight is 374 g/mol. The van der Waals surface area contributed by atoms with E-state index in [9.17, 15) is 13.2 Å². The first kappa shape index (κ1) is 19.3. The highest BCUT2D eigenvalue weighted by atomic mass is 32.2. The molecule has 0 saturated heterocycles. The van der Waals surface area contributed by atoms with Gasteiger partial charge in [-0.2, -0.15) is 5.26 Å². The van der Waals surface area contributed by atoms with Crippen LogP contribution in [0.4, 0.5) is 0 Å². The number of sulfonamides is 1. The molecule has 0 aliphatic carbocycles. The number of aryl methyl sites for hydroxylation is 1. The maximum absolute atomic E-state index is 12.4. The van der Waals surface area contributed by atoms with Crippen LogP contribution in [0.15, 0.2) is 47.4 Å². The fourth-order valence-corrected chi connectivity index (χ4v) is 3.33. The number of para-hydroxylation sites is 1. The van der Waals surface area contributed by atoms with Crippen molar-refractivity contribution in [3.8, 4) is 17.6 Å². The van der Waals surface area contributed by atoms with Gasteiger partial charge in [0.2, 0.25) is 0 Å². The predicted molar refractivity (Wildman–Crippen MR) is 94.3 cm³/mol. The summed E-state index contributed by atoms with van der Waals surface area (Å²) in [5.41, 5.74) is 0.871. The van der Waals surface area contributed by atoms with Gasteiger partial charge in [-0.3, -0.25) is 4.79 Å². The van der Waals surface area contributed by atoms with Crippen molar-refractivity contribution in [3.05, 3.63) is 53.6 Å². The van der Waals surface area contributed by atoms with Crippen molar-refractivity contribution in [2.75, 3.05) is 7.11 Å². The number of rotatable bonds is 6. The van der Waals surface area contributed by atoms with Gasteiger partial charge in [0.25, 0.3) is 15.9 Å². The van der Waals surface area contributed by atoms with Crippen molar-refractivity contribution in [3.63, 3.8) is 0 Å². The van der Waals surface area contributed by atoms with Crippen LogP contribution in [0.25, 0.3) is 0 Å². The largest absolute Gasteiger partial charge is 0.496 e. The second-order valence-corrected chi connectivity index (χ2v) is 7.15. The number of hydrogen-bond donors (Lipinski definition) is 1. The topological polar surface area (TPSA) is 105 Å². The number of nitriles is 1. The third-order valence-corrected chi connectivity index (χ3v) is 4.94. The molecule has 0 heterocycles. The Kier molecular flexibility index (Phi) is 5.85. The second-order valence-electron chi connectivity index (χ2n) is 5.47. The Morgan fingerprint density at radius 3 is 2.50 bits per heavy atom. The molecule has 136 valence electrons. The molecule has 26 heavy (non-hydrogen) atoms. The minimum atomic E-state index is -4.06. The van der Waals surface area contributed by atoms with Crippen LogP contribution in [0.3, 0.4) is 0 Å². The Hall–Kier alpha value is -3.05. The van der Waals surface area contributed by atoms with E-state index in [1.54, 1.807) is 19.1 Å². The van der Waals surface area contributed by atoms with Gasteiger partial charge in [0.1, 0.15) is 17.6 Å². The first-order valence-electron chi connectivity index (χ1n) is 7.65. The second kappa shape index (κ2) is 7.89. The number of nitrogens with one attached hydrogen (secondary N) is 1. The third kappa shape index (κ3) is 4.32. The van der Waals surface area contributed by atoms with Gasteiger partial charge in [-0.05, 0) is 49.7 Å². The summed E-state index contributed by atoms with van der Waals surface area (Å²) in [6.07, 6.45) is -1.11. The van der Waals surface area contributed by atoms with Crippen LogP contribution in [-0.2, 0) is 14.8 Å². The minimum Gasteiger partial charge on any atom is -0.496 e. The number of amides is 1. The Morgan fingerprint density at radius 2 is 1.88 bits per heavy atom. The van der Waals surface area contributed by atoms with Gasteiger partial charge in [0.15, 0.2) is 6.10 Å². The summed E-state index contributed by atoms with van der Waals surface area (Å²) < 4.78 is 37.3. The van der Waals surface area contributed by atoms with Crippen molar-refractivity contribution in [2.45, 2.75) is 24.8 Å². The van der Waals surface area contributed by atoms with E-state index in [4.69, 9.17) is 14.7 Å². The van der Waals surface area contributed by atoms with Crippen molar-refractivity contribution >= 4 is 15.9 Å². The van der Waals surface area contributed by atoms with Crippen LogP contribution < -0.4 is 14.2 Å². The lowest BCUT2D eigenvalue weighted by molar-refractivity contribution is -0.125. The summed E-state index contributed by atoms with van der Waals surface area (Å²) >= 11 is 0. The first-order chi connectivity index (χ1) is 12.3. The van der Waals surface area contributed by atoms with Gasteiger partial charge in [-0.15, -0.1) is 0 Å². The molecule has 0 aromatic heterocycles. The van der Waals surface area contributed by atoms with Gasteiger partial charge >= 0.3 is 0 Å². The predicted octanol–water partition coefficient (Wildman–Crippen LogP) is 2.15. The summed E-state index contributed by atoms with van der Waals surface area (Å²) in [7, 11) is -2.58. The number of carbonyl (C=O) groups is 1. The maximum atomic E-state index is 12.4. The number of ether oxygens (including phenoxy) is 2. The minimum absolute atomic E-state index is 0.0613. The normalized spacial score (nSPS) is 11.9. The highest BCUT2D eigenvalue weighted by Crippen LogP contribution is 2.22. The van der Waals surface area contributed by atoms with E-state index < -0.39 is 22.0 Å². The van der Waals surface area contributed by atoms with E-state index in [2.05, 4.69) is 0 Å². The Balaban J connectivity index is 2.15. The zero-order valence-electron chi connectivity index (χ0n) is 14.5. The van der Waals surface area contributed by atoms with Crippen LogP contribution in [0, 0.1) is 18.3 Å². The third-order valence-electron chi connectivity index (χ3n) is 3.59. The molecule has 2 aromatic rings. The van der Waals surface area contributed by atoms with Crippen LogP contribution in [0.5, 0.6) is 11.5 Å². The van der Waals surface area contributed by atoms with Gasteiger partial charge < -0.3 is 9.47 Å². The van der Waals surface area contributed by atoms with Crippen molar-refractivity contribution in [1.82, 2.24) is 4.72 Å². The molecule has 2 aromatic carbocycles. The molecule has 0 aliphatic rings. The molecule has 0 radical (unpaired) electrons. The molecule has 0 aliphatic heterocycles. The highest BCUT2D eigenvalue weighted by molar-refractivity contribution is 7.90. The maximum Gasteiger partial charge on any atom is 0.274 e. The number of benzene rings is 2. The molecule has 1 N–H and O–H groups in total. The van der Waals surface area contributed by atoms with Gasteiger partial charge in [0.05, 0.1) is 17.6 Å². The van der Waals surface area contributed by atoms with Crippen molar-refractivity contribution < 1.29 is 22.7 Å². The molecular formula is C18H18N2O5S. The molecule has 0 bridgehead atoms. The first-order valence-corrected chi connectivity index (χ1v) is 9.14. The molecule has 8 heteroatoms. The Labute approximate surface area is 152 Å². The van der Waals surface area contributed by atoms with E-state index in [0.717, 1.165) is 0 Å². The molecule has 0 fully saturated rings. The number of nitrogens with zero attached hydrogens (tertiary/aromatic N) is 1. The molecule has 0 unspecified atom stereocenters. The van der Waals surface area contributed by atoms with E-state index in [1.165, 1.54) is 44.4 Å². The lowest BCUT2D eigenvalue weighted by atomic mass is 10.2. The fourth-order valence-electron chi connectivity index (χ4n) is 2.20.